The summed E-state index contributed by atoms with van der Waals surface area (Å²) in [6.45, 7) is 5.60. The van der Waals surface area contributed by atoms with Crippen molar-refractivity contribution in [1.82, 2.24) is 19.4 Å². The Balaban J connectivity index is 1.15. The average Bonchev–Trinajstić information content (AvgIpc) is 3.53. The van der Waals surface area contributed by atoms with Gasteiger partial charge < -0.3 is 14.0 Å². The highest BCUT2D eigenvalue weighted by Gasteiger charge is 2.29. The molecule has 3 aliphatic rings. The number of nitrogens with zero attached hydrogens (tertiary/aromatic N) is 4. The molecule has 6 nitrogen and oxygen atoms in total. The fraction of sp³-hybridized carbons (Fsp3) is 0.478. The highest BCUT2D eigenvalue weighted by Crippen LogP contribution is 2.37. The standard InChI is InChI=1S/C23H26N4O2S/c1-15-24-19-4-2-3-5-20(19)27(15)18-8-9-26(12-18)11-17-13-30-23(25-17)16-6-7-21-22(10-16)29-14-28-21/h6-7,10,13,18H,2-5,8-9,11-12,14H2,1H3/t18-/m0/s1. The Bertz CT molecular complexity index is 1090. The summed E-state index contributed by atoms with van der Waals surface area (Å²) in [4.78, 5) is 12.3. The van der Waals surface area contributed by atoms with Gasteiger partial charge in [-0.05, 0) is 57.2 Å². The maximum absolute atomic E-state index is 5.51. The molecule has 0 saturated carbocycles. The number of rotatable bonds is 4. The molecule has 3 aromatic rings. The van der Waals surface area contributed by atoms with Crippen LogP contribution in [0.2, 0.25) is 0 Å². The number of hydrogen-bond acceptors (Lipinski definition) is 6. The molecule has 156 valence electrons. The first-order valence-electron chi connectivity index (χ1n) is 10.9. The first kappa shape index (κ1) is 18.4. The van der Waals surface area contributed by atoms with Crippen LogP contribution in [0.3, 0.4) is 0 Å². The monoisotopic (exact) mass is 422 g/mol. The lowest BCUT2D eigenvalue weighted by molar-refractivity contribution is 0.174. The van der Waals surface area contributed by atoms with E-state index in [-0.39, 0.29) is 0 Å². The Kier molecular flexibility index (Phi) is 4.53. The number of benzene rings is 1. The fourth-order valence-corrected chi connectivity index (χ4v) is 5.93. The van der Waals surface area contributed by atoms with Crippen molar-refractivity contribution in [2.24, 2.45) is 0 Å². The maximum atomic E-state index is 5.51. The van der Waals surface area contributed by atoms with E-state index in [1.807, 2.05) is 12.1 Å². The van der Waals surface area contributed by atoms with E-state index in [4.69, 9.17) is 19.4 Å². The minimum atomic E-state index is 0.303. The van der Waals surface area contributed by atoms with E-state index in [9.17, 15) is 0 Å². The van der Waals surface area contributed by atoms with Gasteiger partial charge in [-0.2, -0.15) is 0 Å². The van der Waals surface area contributed by atoms with Crippen molar-refractivity contribution < 1.29 is 9.47 Å². The Morgan fingerprint density at radius 2 is 2.03 bits per heavy atom. The lowest BCUT2D eigenvalue weighted by Gasteiger charge is -2.21. The molecule has 2 aromatic heterocycles. The molecule has 6 rings (SSSR count). The Labute approximate surface area is 180 Å². The topological polar surface area (TPSA) is 52.4 Å². The van der Waals surface area contributed by atoms with Crippen LogP contribution in [0.15, 0.2) is 23.6 Å². The normalized spacial score (nSPS) is 20.6. The van der Waals surface area contributed by atoms with Gasteiger partial charge >= 0.3 is 0 Å². The number of aromatic nitrogens is 3. The van der Waals surface area contributed by atoms with Gasteiger partial charge in [0, 0.05) is 42.3 Å². The predicted octanol–water partition coefficient (Wildman–Crippen LogP) is 4.37. The number of likely N-dealkylation sites (tertiary alicyclic amines) is 1. The summed E-state index contributed by atoms with van der Waals surface area (Å²) in [5.41, 5.74) is 5.10. The number of thiazole rings is 1. The second-order valence-corrected chi connectivity index (χ2v) is 9.38. The first-order chi connectivity index (χ1) is 14.7. The van der Waals surface area contributed by atoms with E-state index in [1.54, 1.807) is 11.3 Å². The molecule has 1 aliphatic carbocycles. The Morgan fingerprint density at radius 3 is 3.00 bits per heavy atom. The minimum absolute atomic E-state index is 0.303. The molecule has 0 N–H and O–H groups in total. The van der Waals surface area contributed by atoms with Crippen LogP contribution in [-0.4, -0.2) is 39.3 Å². The number of ether oxygens (including phenoxy) is 2. The zero-order valence-corrected chi connectivity index (χ0v) is 18.1. The number of imidazole rings is 1. The third-order valence-corrected chi connectivity index (χ3v) is 7.46. The lowest BCUT2D eigenvalue weighted by Crippen LogP contribution is -2.23. The smallest absolute Gasteiger partial charge is 0.231 e. The molecule has 0 amide bonds. The molecular weight excluding hydrogens is 396 g/mol. The van der Waals surface area contributed by atoms with Crippen LogP contribution in [-0.2, 0) is 19.4 Å². The van der Waals surface area contributed by atoms with Gasteiger partial charge in [0.25, 0.3) is 0 Å². The molecule has 2 aliphatic heterocycles. The van der Waals surface area contributed by atoms with Crippen LogP contribution >= 0.6 is 11.3 Å². The average molecular weight is 423 g/mol. The van der Waals surface area contributed by atoms with Gasteiger partial charge in [0.1, 0.15) is 10.8 Å². The quantitative estimate of drug-likeness (QED) is 0.625. The summed E-state index contributed by atoms with van der Waals surface area (Å²) < 4.78 is 13.5. The van der Waals surface area contributed by atoms with Crippen molar-refractivity contribution >= 4 is 11.3 Å². The molecule has 0 radical (unpaired) electrons. The van der Waals surface area contributed by atoms with Gasteiger partial charge in [-0.25, -0.2) is 9.97 Å². The van der Waals surface area contributed by atoms with Crippen LogP contribution < -0.4 is 9.47 Å². The van der Waals surface area contributed by atoms with Crippen LogP contribution in [0, 0.1) is 6.92 Å². The lowest BCUT2D eigenvalue weighted by atomic mass is 10.0. The van der Waals surface area contributed by atoms with E-state index in [2.05, 4.69) is 27.8 Å². The van der Waals surface area contributed by atoms with Crippen molar-refractivity contribution in [1.29, 1.82) is 0 Å². The second-order valence-electron chi connectivity index (χ2n) is 8.52. The van der Waals surface area contributed by atoms with E-state index in [0.717, 1.165) is 53.8 Å². The van der Waals surface area contributed by atoms with Gasteiger partial charge in [0.05, 0.1) is 11.4 Å². The molecule has 1 fully saturated rings. The van der Waals surface area contributed by atoms with Crippen LogP contribution in [0.1, 0.15) is 48.2 Å². The van der Waals surface area contributed by atoms with Crippen molar-refractivity contribution in [3.8, 4) is 22.1 Å². The molecular formula is C23H26N4O2S. The molecule has 0 bridgehead atoms. The van der Waals surface area contributed by atoms with Gasteiger partial charge in [-0.1, -0.05) is 0 Å². The summed E-state index contributed by atoms with van der Waals surface area (Å²) >= 11 is 1.70. The fourth-order valence-electron chi connectivity index (χ4n) is 5.12. The van der Waals surface area contributed by atoms with Gasteiger partial charge in [0.2, 0.25) is 6.79 Å². The summed E-state index contributed by atoms with van der Waals surface area (Å²) in [5, 5.41) is 3.23. The predicted molar refractivity (Wildman–Crippen MR) is 116 cm³/mol. The maximum Gasteiger partial charge on any atom is 0.231 e. The van der Waals surface area contributed by atoms with Crippen LogP contribution in [0.25, 0.3) is 10.6 Å². The zero-order chi connectivity index (χ0) is 20.1. The molecule has 1 aromatic carbocycles. The minimum Gasteiger partial charge on any atom is -0.454 e. The zero-order valence-electron chi connectivity index (χ0n) is 17.3. The number of hydrogen-bond donors (Lipinski definition) is 0. The molecule has 1 saturated heterocycles. The van der Waals surface area contributed by atoms with E-state index >= 15 is 0 Å². The van der Waals surface area contributed by atoms with Gasteiger partial charge in [-0.15, -0.1) is 11.3 Å². The van der Waals surface area contributed by atoms with Crippen LogP contribution in [0.4, 0.5) is 0 Å². The third kappa shape index (κ3) is 3.20. The summed E-state index contributed by atoms with van der Waals surface area (Å²) in [5.74, 6) is 2.83. The first-order valence-corrected chi connectivity index (χ1v) is 11.8. The van der Waals surface area contributed by atoms with Crippen molar-refractivity contribution in [3.63, 3.8) is 0 Å². The third-order valence-electron chi connectivity index (χ3n) is 6.52. The second kappa shape index (κ2) is 7.39. The van der Waals surface area contributed by atoms with E-state index in [1.165, 1.54) is 42.9 Å². The number of fused-ring (bicyclic) bond motifs is 2. The molecule has 4 heterocycles. The molecule has 7 heteroatoms. The Morgan fingerprint density at radius 1 is 1.13 bits per heavy atom. The summed E-state index contributed by atoms with van der Waals surface area (Å²) in [6.07, 6.45) is 6.13. The van der Waals surface area contributed by atoms with E-state index in [0.29, 0.717) is 12.8 Å². The largest absolute Gasteiger partial charge is 0.454 e. The van der Waals surface area contributed by atoms with Gasteiger partial charge in [-0.3, -0.25) is 4.90 Å². The molecule has 30 heavy (non-hydrogen) atoms. The molecule has 0 unspecified atom stereocenters. The summed E-state index contributed by atoms with van der Waals surface area (Å²) in [7, 11) is 0. The molecule has 1 atom stereocenters. The van der Waals surface area contributed by atoms with E-state index < -0.39 is 0 Å². The van der Waals surface area contributed by atoms with Gasteiger partial charge in [0.15, 0.2) is 11.5 Å². The highest BCUT2D eigenvalue weighted by atomic mass is 32.1. The van der Waals surface area contributed by atoms with Crippen LogP contribution in [0.5, 0.6) is 11.5 Å². The number of aryl methyl sites for hydroxylation is 2. The SMILES string of the molecule is Cc1nc2c(n1[C@H]1CCN(Cc3csc(-c4ccc5c(c4)OCO5)n3)C1)CCCC2. The Hall–Kier alpha value is -2.38. The molecule has 0 spiro atoms. The van der Waals surface area contributed by atoms with Crippen molar-refractivity contribution in [3.05, 3.63) is 46.5 Å². The van der Waals surface area contributed by atoms with Crippen molar-refractivity contribution in [2.45, 2.75) is 51.6 Å². The summed E-state index contributed by atoms with van der Waals surface area (Å²) in [6, 6.07) is 6.61. The highest BCUT2D eigenvalue weighted by molar-refractivity contribution is 7.13. The van der Waals surface area contributed by atoms with Crippen molar-refractivity contribution in [2.75, 3.05) is 19.9 Å².